The normalized spacial score (nSPS) is 15.4. The molecule has 0 spiro atoms. The second-order valence-corrected chi connectivity index (χ2v) is 12.4. The van der Waals surface area contributed by atoms with E-state index in [2.05, 4.69) is 32.0 Å². The van der Waals surface area contributed by atoms with Gasteiger partial charge in [-0.25, -0.2) is 13.4 Å². The molecule has 6 nitrogen and oxygen atoms in total. The predicted molar refractivity (Wildman–Crippen MR) is 150 cm³/mol. The van der Waals surface area contributed by atoms with Crippen LogP contribution < -0.4 is 4.74 Å². The summed E-state index contributed by atoms with van der Waals surface area (Å²) in [6.07, 6.45) is 1.61. The van der Waals surface area contributed by atoms with Crippen LogP contribution in [-0.4, -0.2) is 42.1 Å². The van der Waals surface area contributed by atoms with E-state index >= 15 is 0 Å². The Balaban J connectivity index is 1.38. The maximum Gasteiger partial charge on any atom is 0.303 e. The van der Waals surface area contributed by atoms with Gasteiger partial charge in [-0.3, -0.25) is 4.79 Å². The van der Waals surface area contributed by atoms with E-state index in [0.29, 0.717) is 19.3 Å². The van der Waals surface area contributed by atoms with Crippen LogP contribution in [0.3, 0.4) is 0 Å². The number of hydrogen-bond donors (Lipinski definition) is 1. The minimum atomic E-state index is -2.92. The number of aromatic nitrogens is 1. The number of nitrogens with zero attached hydrogens (tertiary/aromatic N) is 1. The van der Waals surface area contributed by atoms with E-state index in [-0.39, 0.29) is 24.0 Å². The van der Waals surface area contributed by atoms with Crippen molar-refractivity contribution in [1.29, 1.82) is 0 Å². The number of ether oxygens (including phenoxy) is 1. The molecule has 0 saturated carbocycles. The fourth-order valence-electron chi connectivity index (χ4n) is 5.20. The first-order chi connectivity index (χ1) is 18.2. The molecule has 0 unspecified atom stereocenters. The van der Waals surface area contributed by atoms with Gasteiger partial charge in [0, 0.05) is 17.4 Å². The molecule has 0 bridgehead atoms. The van der Waals surface area contributed by atoms with Gasteiger partial charge in [-0.05, 0) is 97.3 Å². The Morgan fingerprint density at radius 1 is 0.947 bits per heavy atom. The smallest absolute Gasteiger partial charge is 0.303 e. The molecule has 1 aromatic heterocycles. The first kappa shape index (κ1) is 25.9. The van der Waals surface area contributed by atoms with Crippen LogP contribution in [0.2, 0.25) is 0 Å². The lowest BCUT2D eigenvalue weighted by molar-refractivity contribution is -0.136. The van der Waals surface area contributed by atoms with Crippen LogP contribution >= 0.6 is 0 Å². The van der Waals surface area contributed by atoms with Crippen molar-refractivity contribution in [1.82, 2.24) is 4.98 Å². The standard InChI is InChI=1S/C31H31NO5S/c1-20-16-27(37-26-12-14-38(35,36)15-13-26)17-21(2)31(20)25-5-3-4-23(19-25)29-10-8-24-18-22(7-11-30(33)34)6-9-28(24)32-29/h3-6,8-10,16-19,26H,7,11-15H2,1-2H3,(H,33,34). The van der Waals surface area contributed by atoms with Crippen LogP contribution in [-0.2, 0) is 21.1 Å². The lowest BCUT2D eigenvalue weighted by atomic mass is 9.93. The number of hydrogen-bond acceptors (Lipinski definition) is 5. The lowest BCUT2D eigenvalue weighted by Crippen LogP contribution is -2.30. The van der Waals surface area contributed by atoms with Gasteiger partial charge < -0.3 is 9.84 Å². The van der Waals surface area contributed by atoms with Crippen LogP contribution in [0, 0.1) is 13.8 Å². The van der Waals surface area contributed by atoms with Crippen molar-refractivity contribution in [3.8, 4) is 28.1 Å². The summed E-state index contributed by atoms with van der Waals surface area (Å²) in [5, 5.41) is 9.94. The highest BCUT2D eigenvalue weighted by atomic mass is 32.2. The van der Waals surface area contributed by atoms with Crippen molar-refractivity contribution >= 4 is 26.7 Å². The largest absolute Gasteiger partial charge is 0.490 e. The van der Waals surface area contributed by atoms with Gasteiger partial charge in [-0.15, -0.1) is 0 Å². The minimum absolute atomic E-state index is 0.0706. The molecule has 0 atom stereocenters. The average Bonchev–Trinajstić information content (AvgIpc) is 2.88. The van der Waals surface area contributed by atoms with Crippen molar-refractivity contribution < 1.29 is 23.1 Å². The van der Waals surface area contributed by atoms with Crippen molar-refractivity contribution in [2.75, 3.05) is 11.5 Å². The second-order valence-electron chi connectivity index (χ2n) is 10.1. The fourth-order valence-corrected chi connectivity index (χ4v) is 6.65. The summed E-state index contributed by atoms with van der Waals surface area (Å²) in [7, 11) is -2.92. The SMILES string of the molecule is Cc1cc(OC2CCS(=O)(=O)CC2)cc(C)c1-c1cccc(-c2ccc3cc(CCC(=O)O)ccc3n2)c1. The monoisotopic (exact) mass is 529 g/mol. The molecule has 4 aromatic rings. The van der Waals surface area contributed by atoms with Gasteiger partial charge in [0.2, 0.25) is 0 Å². The third-order valence-corrected chi connectivity index (χ3v) is 8.85. The molecule has 0 radical (unpaired) electrons. The highest BCUT2D eigenvalue weighted by Crippen LogP contribution is 2.34. The summed E-state index contributed by atoms with van der Waals surface area (Å²) in [4.78, 5) is 15.8. The summed E-state index contributed by atoms with van der Waals surface area (Å²) < 4.78 is 29.6. The molecule has 1 aliphatic rings. The van der Waals surface area contributed by atoms with Gasteiger partial charge in [-0.2, -0.15) is 0 Å². The van der Waals surface area contributed by atoms with E-state index in [1.807, 2.05) is 48.5 Å². The number of aryl methyl sites for hydroxylation is 3. The van der Waals surface area contributed by atoms with Crippen LogP contribution in [0.5, 0.6) is 5.75 Å². The number of carbonyl (C=O) groups is 1. The number of fused-ring (bicyclic) bond motifs is 1. The van der Waals surface area contributed by atoms with Gasteiger partial charge in [0.05, 0.1) is 22.7 Å². The lowest BCUT2D eigenvalue weighted by Gasteiger charge is -2.24. The molecule has 1 N–H and O–H groups in total. The molecular formula is C31H31NO5S. The Morgan fingerprint density at radius 3 is 2.37 bits per heavy atom. The molecule has 5 rings (SSSR count). The first-order valence-corrected chi connectivity index (χ1v) is 14.7. The molecule has 1 fully saturated rings. The summed E-state index contributed by atoms with van der Waals surface area (Å²) in [6.45, 7) is 4.15. The molecule has 7 heteroatoms. The minimum Gasteiger partial charge on any atom is -0.490 e. The van der Waals surface area contributed by atoms with Crippen LogP contribution in [0.25, 0.3) is 33.3 Å². The number of carboxylic acids is 1. The van der Waals surface area contributed by atoms with E-state index in [1.54, 1.807) is 0 Å². The average molecular weight is 530 g/mol. The van der Waals surface area contributed by atoms with E-state index in [1.165, 1.54) is 0 Å². The number of carboxylic acid groups (broad SMARTS) is 1. The number of sulfone groups is 1. The summed E-state index contributed by atoms with van der Waals surface area (Å²) in [5.41, 5.74) is 8.19. The maximum atomic E-state index is 11.7. The van der Waals surface area contributed by atoms with Gasteiger partial charge in [0.15, 0.2) is 9.84 Å². The molecule has 1 saturated heterocycles. The summed E-state index contributed by atoms with van der Waals surface area (Å²) in [6, 6.07) is 22.4. The van der Waals surface area contributed by atoms with Gasteiger partial charge >= 0.3 is 5.97 Å². The highest BCUT2D eigenvalue weighted by Gasteiger charge is 2.25. The third kappa shape index (κ3) is 5.89. The molecule has 38 heavy (non-hydrogen) atoms. The zero-order valence-electron chi connectivity index (χ0n) is 21.6. The number of aliphatic carboxylic acids is 1. The number of benzene rings is 3. The Morgan fingerprint density at radius 2 is 1.66 bits per heavy atom. The third-order valence-electron chi connectivity index (χ3n) is 7.14. The second kappa shape index (κ2) is 10.6. The predicted octanol–water partition coefficient (Wildman–Crippen LogP) is 6.16. The zero-order valence-corrected chi connectivity index (χ0v) is 22.4. The number of pyridine rings is 1. The van der Waals surface area contributed by atoms with Crippen LogP contribution in [0.15, 0.2) is 66.7 Å². The molecule has 1 aliphatic heterocycles. The van der Waals surface area contributed by atoms with E-state index < -0.39 is 15.8 Å². The fraction of sp³-hybridized carbons (Fsp3) is 0.290. The van der Waals surface area contributed by atoms with E-state index in [0.717, 1.165) is 55.7 Å². The Labute approximate surface area is 223 Å². The van der Waals surface area contributed by atoms with Gasteiger partial charge in [-0.1, -0.05) is 30.3 Å². The van der Waals surface area contributed by atoms with E-state index in [4.69, 9.17) is 14.8 Å². The van der Waals surface area contributed by atoms with Crippen molar-refractivity contribution in [2.24, 2.45) is 0 Å². The van der Waals surface area contributed by atoms with Crippen molar-refractivity contribution in [3.05, 3.63) is 83.4 Å². The zero-order chi connectivity index (χ0) is 26.9. The Kier molecular flexibility index (Phi) is 7.21. The summed E-state index contributed by atoms with van der Waals surface area (Å²) in [5.74, 6) is 0.362. The quantitative estimate of drug-likeness (QED) is 0.308. The highest BCUT2D eigenvalue weighted by molar-refractivity contribution is 7.91. The van der Waals surface area contributed by atoms with Crippen LogP contribution in [0.1, 0.15) is 36.0 Å². The molecule has 2 heterocycles. The number of rotatable bonds is 7. The Bertz CT molecular complexity index is 1590. The molecule has 0 amide bonds. The Hall–Kier alpha value is -3.71. The summed E-state index contributed by atoms with van der Waals surface area (Å²) >= 11 is 0. The van der Waals surface area contributed by atoms with Gasteiger partial charge in [0.25, 0.3) is 0 Å². The first-order valence-electron chi connectivity index (χ1n) is 12.9. The van der Waals surface area contributed by atoms with E-state index in [9.17, 15) is 13.2 Å². The molecule has 0 aliphatic carbocycles. The maximum absolute atomic E-state index is 11.7. The van der Waals surface area contributed by atoms with Gasteiger partial charge in [0.1, 0.15) is 11.9 Å². The molecular weight excluding hydrogens is 498 g/mol. The topological polar surface area (TPSA) is 93.6 Å². The molecule has 3 aromatic carbocycles. The van der Waals surface area contributed by atoms with Crippen molar-refractivity contribution in [3.63, 3.8) is 0 Å². The van der Waals surface area contributed by atoms with Crippen molar-refractivity contribution in [2.45, 2.75) is 45.6 Å². The molecule has 196 valence electrons. The van der Waals surface area contributed by atoms with Crippen LogP contribution in [0.4, 0.5) is 0 Å².